The summed E-state index contributed by atoms with van der Waals surface area (Å²) in [4.78, 5) is 0. The summed E-state index contributed by atoms with van der Waals surface area (Å²) in [6.45, 7) is 22.5. The number of hydrogen-bond donors (Lipinski definition) is 0. The molecule has 4 heteroatoms. The SMILES string of the molecule is C[Si](C)(C)C#CCN([Si](C)(C)C)[Si](C)(C)C. The summed E-state index contributed by atoms with van der Waals surface area (Å²) in [6.07, 6.45) is 0. The molecule has 0 rings (SSSR count). The molecule has 0 bridgehead atoms. The molecule has 0 amide bonds. The van der Waals surface area contributed by atoms with Crippen LogP contribution < -0.4 is 0 Å². The van der Waals surface area contributed by atoms with Crippen molar-refractivity contribution < 1.29 is 0 Å². The standard InChI is InChI=1S/C12H29NSi3/c1-14(2,3)12-10-11-13(15(4,5)6)16(7,8)9/h11H2,1-9H3. The van der Waals surface area contributed by atoms with Gasteiger partial charge in [-0.05, 0) is 0 Å². The average Bonchev–Trinajstić information content (AvgIpc) is 1.90. The Bertz CT molecular complexity index is 267. The van der Waals surface area contributed by atoms with Gasteiger partial charge in [0.05, 0.1) is 0 Å². The summed E-state index contributed by atoms with van der Waals surface area (Å²) in [7, 11) is -3.62. The molecule has 1 nitrogen and oxygen atoms in total. The van der Waals surface area contributed by atoms with Crippen LogP contribution in [0.15, 0.2) is 0 Å². The molecule has 0 spiro atoms. The molecule has 0 N–H and O–H groups in total. The molecule has 0 aromatic carbocycles. The summed E-state index contributed by atoms with van der Waals surface area (Å²) in [6, 6.07) is 0. The first-order valence-electron chi connectivity index (χ1n) is 6.12. The lowest BCUT2D eigenvalue weighted by atomic mass is 10.7. The number of rotatable bonds is 3. The topological polar surface area (TPSA) is 3.24 Å². The molecule has 0 fully saturated rings. The predicted octanol–water partition coefficient (Wildman–Crippen LogP) is 3.84. The van der Waals surface area contributed by atoms with Crippen molar-refractivity contribution in [2.24, 2.45) is 0 Å². The summed E-state index contributed by atoms with van der Waals surface area (Å²) in [5.41, 5.74) is 3.49. The van der Waals surface area contributed by atoms with Crippen molar-refractivity contribution in [1.29, 1.82) is 0 Å². The molecule has 0 aliphatic carbocycles. The highest BCUT2D eigenvalue weighted by molar-refractivity contribution is 6.89. The van der Waals surface area contributed by atoms with Crippen LogP contribution in [0.5, 0.6) is 0 Å². The third-order valence-electron chi connectivity index (χ3n) is 2.32. The van der Waals surface area contributed by atoms with Crippen LogP contribution in [0.1, 0.15) is 0 Å². The summed E-state index contributed by atoms with van der Waals surface area (Å²) < 4.78 is 2.74. The van der Waals surface area contributed by atoms with Crippen LogP contribution in [0.3, 0.4) is 0 Å². The first-order valence-corrected chi connectivity index (χ1v) is 16.5. The minimum atomic E-state index is -1.21. The van der Waals surface area contributed by atoms with E-state index in [9.17, 15) is 0 Å². The van der Waals surface area contributed by atoms with Crippen molar-refractivity contribution in [2.75, 3.05) is 6.54 Å². The van der Waals surface area contributed by atoms with E-state index in [4.69, 9.17) is 0 Å². The Labute approximate surface area is 106 Å². The van der Waals surface area contributed by atoms with Gasteiger partial charge in [-0.15, -0.1) is 5.54 Å². The molecule has 0 aromatic rings. The maximum atomic E-state index is 3.49. The smallest absolute Gasteiger partial charge is 0.129 e. The second-order valence-electron chi connectivity index (χ2n) is 7.48. The van der Waals surface area contributed by atoms with Crippen molar-refractivity contribution in [3.63, 3.8) is 0 Å². The lowest BCUT2D eigenvalue weighted by Gasteiger charge is -2.42. The highest BCUT2D eigenvalue weighted by atomic mass is 28.4. The van der Waals surface area contributed by atoms with Crippen LogP contribution in [0.25, 0.3) is 0 Å². The van der Waals surface area contributed by atoms with Crippen molar-refractivity contribution in [3.8, 4) is 11.5 Å². The fourth-order valence-electron chi connectivity index (χ4n) is 1.86. The van der Waals surface area contributed by atoms with E-state index in [0.29, 0.717) is 0 Å². The zero-order valence-corrected chi connectivity index (χ0v) is 15.7. The molecule has 0 heterocycles. The van der Waals surface area contributed by atoms with Crippen molar-refractivity contribution in [2.45, 2.75) is 58.9 Å². The zero-order valence-electron chi connectivity index (χ0n) is 12.7. The van der Waals surface area contributed by atoms with Crippen LogP contribution in [0.2, 0.25) is 58.9 Å². The average molecular weight is 272 g/mol. The first kappa shape index (κ1) is 16.2. The summed E-state index contributed by atoms with van der Waals surface area (Å²) in [5, 5.41) is 0. The second-order valence-corrected chi connectivity index (χ2v) is 22.4. The minimum absolute atomic E-state index is 0.996. The molecule has 0 saturated heterocycles. The van der Waals surface area contributed by atoms with Crippen LogP contribution in [0.4, 0.5) is 0 Å². The fourth-order valence-corrected chi connectivity index (χ4v) is 11.6. The van der Waals surface area contributed by atoms with Gasteiger partial charge in [-0.25, -0.2) is 0 Å². The third-order valence-corrected chi connectivity index (χ3v) is 10.8. The van der Waals surface area contributed by atoms with Gasteiger partial charge < -0.3 is 4.23 Å². The second kappa shape index (κ2) is 5.21. The largest absolute Gasteiger partial charge is 0.336 e. The van der Waals surface area contributed by atoms with E-state index in [-0.39, 0.29) is 0 Å². The van der Waals surface area contributed by atoms with Gasteiger partial charge in [0.25, 0.3) is 0 Å². The summed E-state index contributed by atoms with van der Waals surface area (Å²) >= 11 is 0. The molecule has 16 heavy (non-hydrogen) atoms. The predicted molar refractivity (Wildman–Crippen MR) is 84.5 cm³/mol. The van der Waals surface area contributed by atoms with Crippen molar-refractivity contribution in [1.82, 2.24) is 4.23 Å². The Kier molecular flexibility index (Phi) is 5.27. The van der Waals surface area contributed by atoms with Crippen LogP contribution in [-0.4, -0.2) is 35.3 Å². The molecule has 0 aliphatic rings. The summed E-state index contributed by atoms with van der Waals surface area (Å²) in [5.74, 6) is 3.45. The van der Waals surface area contributed by atoms with Crippen molar-refractivity contribution in [3.05, 3.63) is 0 Å². The Morgan fingerprint density at radius 1 is 0.750 bits per heavy atom. The van der Waals surface area contributed by atoms with Gasteiger partial charge in [-0.3, -0.25) is 0 Å². The van der Waals surface area contributed by atoms with Gasteiger partial charge in [-0.1, -0.05) is 64.8 Å². The van der Waals surface area contributed by atoms with Gasteiger partial charge in [0.2, 0.25) is 0 Å². The molecule has 0 atom stereocenters. The molecule has 0 radical (unpaired) electrons. The third kappa shape index (κ3) is 6.69. The van der Waals surface area contributed by atoms with Crippen LogP contribution in [-0.2, 0) is 0 Å². The molecule has 0 aliphatic heterocycles. The maximum absolute atomic E-state index is 3.49. The Balaban J connectivity index is 4.78. The Morgan fingerprint density at radius 2 is 1.12 bits per heavy atom. The van der Waals surface area contributed by atoms with E-state index in [2.05, 4.69) is 74.6 Å². The molecule has 0 unspecified atom stereocenters. The fraction of sp³-hybridized carbons (Fsp3) is 0.833. The quantitative estimate of drug-likeness (QED) is 0.557. The number of nitrogens with zero attached hydrogens (tertiary/aromatic N) is 1. The maximum Gasteiger partial charge on any atom is 0.129 e. The van der Waals surface area contributed by atoms with Crippen LogP contribution >= 0.6 is 0 Å². The first-order chi connectivity index (χ1) is 6.84. The van der Waals surface area contributed by atoms with Crippen molar-refractivity contribution >= 4 is 24.5 Å². The lowest BCUT2D eigenvalue weighted by molar-refractivity contribution is 0.699. The Morgan fingerprint density at radius 3 is 1.38 bits per heavy atom. The van der Waals surface area contributed by atoms with E-state index in [1.54, 1.807) is 0 Å². The molecular weight excluding hydrogens is 242 g/mol. The zero-order chi connectivity index (χ0) is 13.2. The molecule has 0 aromatic heterocycles. The van der Waals surface area contributed by atoms with E-state index in [1.165, 1.54) is 0 Å². The minimum Gasteiger partial charge on any atom is -0.336 e. The number of hydrogen-bond acceptors (Lipinski definition) is 1. The molecule has 94 valence electrons. The van der Waals surface area contributed by atoms with E-state index in [1.807, 2.05) is 0 Å². The molecule has 0 saturated carbocycles. The van der Waals surface area contributed by atoms with Gasteiger partial charge in [0.1, 0.15) is 24.5 Å². The van der Waals surface area contributed by atoms with E-state index in [0.717, 1.165) is 6.54 Å². The van der Waals surface area contributed by atoms with Gasteiger partial charge >= 0.3 is 0 Å². The highest BCUT2D eigenvalue weighted by Gasteiger charge is 2.33. The van der Waals surface area contributed by atoms with E-state index < -0.39 is 24.5 Å². The Hall–Kier alpha value is 0.171. The highest BCUT2D eigenvalue weighted by Crippen LogP contribution is 2.18. The van der Waals surface area contributed by atoms with Crippen LogP contribution in [0, 0.1) is 11.5 Å². The monoisotopic (exact) mass is 271 g/mol. The lowest BCUT2D eigenvalue weighted by Crippen LogP contribution is -2.59. The van der Waals surface area contributed by atoms with Gasteiger partial charge in [0, 0.05) is 6.54 Å². The van der Waals surface area contributed by atoms with Gasteiger partial charge in [0.15, 0.2) is 0 Å². The van der Waals surface area contributed by atoms with Gasteiger partial charge in [-0.2, -0.15) is 0 Å². The molecular formula is C12H29NSi3. The normalized spacial score (nSPS) is 13.6. The van der Waals surface area contributed by atoms with E-state index >= 15 is 0 Å².